The number of aromatic nitrogens is 1. The third kappa shape index (κ3) is 4.12. The molecule has 0 radical (unpaired) electrons. The number of anilines is 2. The van der Waals surface area contributed by atoms with Gasteiger partial charge in [-0.3, -0.25) is 0 Å². The van der Waals surface area contributed by atoms with Crippen LogP contribution in [0.2, 0.25) is 0 Å². The van der Waals surface area contributed by atoms with Crippen molar-refractivity contribution in [2.75, 3.05) is 9.80 Å². The van der Waals surface area contributed by atoms with Crippen LogP contribution in [0.5, 0.6) is 0 Å². The third-order valence-electron chi connectivity index (χ3n) is 14.1. The Labute approximate surface area is 244 Å². The van der Waals surface area contributed by atoms with Crippen molar-refractivity contribution in [1.29, 1.82) is 0 Å². The molecule has 1 heterocycles. The summed E-state index contributed by atoms with van der Waals surface area (Å²) in [5, 5.41) is 0. The van der Waals surface area contributed by atoms with Crippen molar-refractivity contribution in [1.82, 2.24) is 4.98 Å². The first-order chi connectivity index (χ1) is 19.6. The molecule has 10 aliphatic rings. The van der Waals surface area contributed by atoms with Crippen molar-refractivity contribution in [3.8, 4) is 0 Å². The SMILES string of the molecule is c1cc(N(C2CCCCC2)C23CC4CC(CC(C4)C2)C3)nc(N(C2CCCCC2)C23CC4CC(CC(C4)C2)C3)c1. The Morgan fingerprint density at radius 3 is 1.12 bits per heavy atom. The molecule has 10 aliphatic carbocycles. The van der Waals surface area contributed by atoms with Gasteiger partial charge in [0.2, 0.25) is 0 Å². The largest absolute Gasteiger partial charge is 0.348 e. The molecule has 10 fully saturated rings. The lowest BCUT2D eigenvalue weighted by Gasteiger charge is -2.63. The highest BCUT2D eigenvalue weighted by atomic mass is 15.3. The van der Waals surface area contributed by atoms with Gasteiger partial charge in [-0.1, -0.05) is 44.6 Å². The Bertz CT molecular complexity index is 929. The molecule has 1 aromatic rings. The highest BCUT2D eigenvalue weighted by Crippen LogP contribution is 2.61. The molecule has 1 aromatic heterocycles. The van der Waals surface area contributed by atoms with Crippen LogP contribution in [0.1, 0.15) is 141 Å². The first kappa shape index (κ1) is 25.3. The Morgan fingerprint density at radius 1 is 0.475 bits per heavy atom. The highest BCUT2D eigenvalue weighted by molar-refractivity contribution is 5.54. The van der Waals surface area contributed by atoms with E-state index in [0.29, 0.717) is 11.1 Å². The molecule has 0 spiro atoms. The van der Waals surface area contributed by atoms with E-state index in [1.54, 1.807) is 0 Å². The van der Waals surface area contributed by atoms with E-state index in [2.05, 4.69) is 28.0 Å². The fourth-order valence-electron chi connectivity index (χ4n) is 13.7. The molecule has 11 rings (SSSR count). The van der Waals surface area contributed by atoms with Gasteiger partial charge in [-0.25, -0.2) is 4.98 Å². The van der Waals surface area contributed by atoms with Crippen LogP contribution in [-0.4, -0.2) is 28.1 Å². The smallest absolute Gasteiger partial charge is 0.131 e. The molecule has 3 heteroatoms. The predicted octanol–water partition coefficient (Wildman–Crippen LogP) is 9.30. The topological polar surface area (TPSA) is 19.4 Å². The maximum Gasteiger partial charge on any atom is 0.131 e. The summed E-state index contributed by atoms with van der Waals surface area (Å²) < 4.78 is 0. The molecule has 0 unspecified atom stereocenters. The van der Waals surface area contributed by atoms with Gasteiger partial charge in [0.1, 0.15) is 11.6 Å². The molecule has 0 aliphatic heterocycles. The van der Waals surface area contributed by atoms with E-state index in [9.17, 15) is 0 Å². The highest BCUT2D eigenvalue weighted by Gasteiger charge is 2.57. The van der Waals surface area contributed by atoms with Gasteiger partial charge >= 0.3 is 0 Å². The molecule has 0 N–H and O–H groups in total. The Hall–Kier alpha value is -1.25. The molecule has 3 nitrogen and oxygen atoms in total. The van der Waals surface area contributed by atoms with Crippen molar-refractivity contribution < 1.29 is 0 Å². The van der Waals surface area contributed by atoms with Crippen LogP contribution in [0.3, 0.4) is 0 Å². The summed E-state index contributed by atoms with van der Waals surface area (Å²) in [6, 6.07) is 8.82. The van der Waals surface area contributed by atoms with E-state index < -0.39 is 0 Å². The van der Waals surface area contributed by atoms with E-state index in [1.807, 2.05) is 0 Å². The zero-order chi connectivity index (χ0) is 26.3. The summed E-state index contributed by atoms with van der Waals surface area (Å²) in [4.78, 5) is 12.0. The van der Waals surface area contributed by atoms with Crippen LogP contribution in [-0.2, 0) is 0 Å². The van der Waals surface area contributed by atoms with Gasteiger partial charge < -0.3 is 9.80 Å². The lowest BCUT2D eigenvalue weighted by Crippen LogP contribution is -2.64. The zero-order valence-corrected chi connectivity index (χ0v) is 25.2. The van der Waals surface area contributed by atoms with Crippen LogP contribution in [0.25, 0.3) is 0 Å². The Morgan fingerprint density at radius 2 is 0.800 bits per heavy atom. The number of rotatable bonds is 6. The molecule has 40 heavy (non-hydrogen) atoms. The van der Waals surface area contributed by atoms with E-state index in [4.69, 9.17) is 4.98 Å². The van der Waals surface area contributed by atoms with Gasteiger partial charge in [-0.05, 0) is 150 Å². The monoisotopic (exact) mass is 541 g/mol. The van der Waals surface area contributed by atoms with E-state index in [1.165, 1.54) is 153 Å². The van der Waals surface area contributed by atoms with Gasteiger partial charge in [0.05, 0.1) is 0 Å². The van der Waals surface area contributed by atoms with Gasteiger partial charge in [0.25, 0.3) is 0 Å². The average molecular weight is 542 g/mol. The Balaban J connectivity index is 1.12. The third-order valence-corrected chi connectivity index (χ3v) is 14.1. The second-order valence-electron chi connectivity index (χ2n) is 17.0. The number of pyridine rings is 1. The fraction of sp³-hybridized carbons (Fsp3) is 0.865. The first-order valence-corrected chi connectivity index (χ1v) is 18.2. The lowest BCUT2D eigenvalue weighted by atomic mass is 9.52. The molecule has 0 amide bonds. The van der Waals surface area contributed by atoms with Gasteiger partial charge in [-0.15, -0.1) is 0 Å². The van der Waals surface area contributed by atoms with Crippen LogP contribution >= 0.6 is 0 Å². The minimum Gasteiger partial charge on any atom is -0.348 e. The quantitative estimate of drug-likeness (QED) is 0.358. The van der Waals surface area contributed by atoms with Crippen LogP contribution in [0.15, 0.2) is 18.2 Å². The molecule has 218 valence electrons. The van der Waals surface area contributed by atoms with Crippen LogP contribution < -0.4 is 9.80 Å². The van der Waals surface area contributed by atoms with Crippen molar-refractivity contribution in [3.05, 3.63) is 18.2 Å². The molecular weight excluding hydrogens is 486 g/mol. The number of nitrogens with zero attached hydrogens (tertiary/aromatic N) is 3. The fourth-order valence-corrected chi connectivity index (χ4v) is 13.7. The summed E-state index contributed by atoms with van der Waals surface area (Å²) in [6.45, 7) is 0. The predicted molar refractivity (Wildman–Crippen MR) is 165 cm³/mol. The number of hydrogen-bond donors (Lipinski definition) is 0. The minimum absolute atomic E-state index is 0.402. The second kappa shape index (κ2) is 9.63. The summed E-state index contributed by atoms with van der Waals surface area (Å²) in [5.74, 6) is 8.72. The van der Waals surface area contributed by atoms with Crippen molar-refractivity contribution in [2.24, 2.45) is 35.5 Å². The molecule has 0 saturated heterocycles. The van der Waals surface area contributed by atoms with Crippen LogP contribution in [0, 0.1) is 35.5 Å². The minimum atomic E-state index is 0.402. The van der Waals surface area contributed by atoms with E-state index in [0.717, 1.165) is 47.6 Å². The molecule has 0 atom stereocenters. The van der Waals surface area contributed by atoms with Gasteiger partial charge in [-0.2, -0.15) is 0 Å². The van der Waals surface area contributed by atoms with Crippen LogP contribution in [0.4, 0.5) is 11.6 Å². The summed E-state index contributed by atoms with van der Waals surface area (Å²) >= 11 is 0. The van der Waals surface area contributed by atoms with Gasteiger partial charge in [0, 0.05) is 23.2 Å². The first-order valence-electron chi connectivity index (χ1n) is 18.2. The van der Waals surface area contributed by atoms with E-state index in [-0.39, 0.29) is 0 Å². The summed E-state index contributed by atoms with van der Waals surface area (Å²) in [7, 11) is 0. The molecule has 10 saturated carbocycles. The summed E-state index contributed by atoms with van der Waals surface area (Å²) in [5.41, 5.74) is 0.803. The zero-order valence-electron chi connectivity index (χ0n) is 25.2. The molecular formula is C37H55N3. The second-order valence-corrected chi connectivity index (χ2v) is 17.0. The number of hydrogen-bond acceptors (Lipinski definition) is 3. The van der Waals surface area contributed by atoms with E-state index >= 15 is 0 Å². The standard InChI is InChI=1S/C37H55N3/c1-3-8-32(9-4-1)39(36-20-26-14-27(21-36)16-28(15-26)22-36)34-12-7-13-35(38-34)40(33-10-5-2-6-11-33)37-23-29-17-30(24-37)19-31(18-29)25-37/h7,12-13,26-33H,1-6,8-11,14-25H2. The average Bonchev–Trinajstić information content (AvgIpc) is 2.93. The van der Waals surface area contributed by atoms with Crippen molar-refractivity contribution in [3.63, 3.8) is 0 Å². The lowest BCUT2D eigenvalue weighted by molar-refractivity contribution is -0.0107. The molecule has 8 bridgehead atoms. The Kier molecular flexibility index (Phi) is 6.08. The maximum atomic E-state index is 5.89. The summed E-state index contributed by atoms with van der Waals surface area (Å²) in [6.07, 6.45) is 32.2. The molecule has 0 aromatic carbocycles. The maximum absolute atomic E-state index is 5.89. The van der Waals surface area contributed by atoms with Crippen molar-refractivity contribution >= 4 is 11.6 Å². The van der Waals surface area contributed by atoms with Gasteiger partial charge in [0.15, 0.2) is 0 Å². The normalized spacial score (nSPS) is 44.3. The van der Waals surface area contributed by atoms with Crippen molar-refractivity contribution in [2.45, 2.75) is 164 Å².